The molecule has 0 unspecified atom stereocenters. The normalized spacial score (nSPS) is 10.9. The molecule has 0 saturated heterocycles. The molecule has 0 bridgehead atoms. The molecule has 1 heterocycles. The Labute approximate surface area is 140 Å². The van der Waals surface area contributed by atoms with Gasteiger partial charge in [0.1, 0.15) is 5.69 Å². The number of aryl methyl sites for hydroxylation is 1. The largest absolute Gasteiger partial charge is 0.379 e. The first-order valence-corrected chi connectivity index (χ1v) is 8.03. The van der Waals surface area contributed by atoms with Crippen molar-refractivity contribution >= 4 is 16.5 Å². The fourth-order valence-electron chi connectivity index (χ4n) is 2.74. The number of rotatable bonds is 4. The Bertz CT molecular complexity index is 970. The van der Waals surface area contributed by atoms with Crippen LogP contribution in [0.4, 0.5) is 5.69 Å². The van der Waals surface area contributed by atoms with Crippen molar-refractivity contribution in [3.63, 3.8) is 0 Å². The molecule has 4 rings (SSSR count). The van der Waals surface area contributed by atoms with Crippen molar-refractivity contribution in [2.24, 2.45) is 0 Å². The third-order valence-corrected chi connectivity index (χ3v) is 4.12. The highest BCUT2D eigenvalue weighted by molar-refractivity contribution is 5.85. The number of nitrogens with one attached hydrogen (secondary N) is 1. The van der Waals surface area contributed by atoms with E-state index in [1.807, 2.05) is 6.07 Å². The van der Waals surface area contributed by atoms with Crippen LogP contribution in [-0.2, 0) is 6.54 Å². The van der Waals surface area contributed by atoms with Gasteiger partial charge in [-0.05, 0) is 29.8 Å². The minimum atomic E-state index is 0.633. The predicted molar refractivity (Wildman–Crippen MR) is 98.0 cm³/mol. The van der Waals surface area contributed by atoms with Crippen LogP contribution in [0.1, 0.15) is 11.3 Å². The first-order valence-electron chi connectivity index (χ1n) is 8.03. The summed E-state index contributed by atoms with van der Waals surface area (Å²) in [6.45, 7) is 2.71. The molecule has 3 heteroatoms. The smallest absolute Gasteiger partial charge is 0.167 e. The third kappa shape index (κ3) is 3.01. The summed E-state index contributed by atoms with van der Waals surface area (Å²) in [6, 6.07) is 24.9. The Kier molecular flexibility index (Phi) is 3.75. The Morgan fingerprint density at radius 1 is 0.875 bits per heavy atom. The van der Waals surface area contributed by atoms with Gasteiger partial charge in [-0.3, -0.25) is 0 Å². The fourth-order valence-corrected chi connectivity index (χ4v) is 2.74. The lowest BCUT2D eigenvalue weighted by molar-refractivity contribution is 0.424. The molecule has 3 nitrogen and oxygen atoms in total. The SMILES string of the molecule is Cc1ccc(-c2cc(CNc3ccc4ccccc4c3)no2)cc1. The molecular formula is C21H18N2O. The summed E-state index contributed by atoms with van der Waals surface area (Å²) in [5, 5.41) is 10.0. The van der Waals surface area contributed by atoms with Gasteiger partial charge in [-0.2, -0.15) is 0 Å². The summed E-state index contributed by atoms with van der Waals surface area (Å²) in [5.41, 5.74) is 4.24. The molecule has 0 saturated carbocycles. The van der Waals surface area contributed by atoms with E-state index < -0.39 is 0 Å². The molecule has 24 heavy (non-hydrogen) atoms. The average molecular weight is 314 g/mol. The second-order valence-electron chi connectivity index (χ2n) is 5.96. The van der Waals surface area contributed by atoms with E-state index in [1.54, 1.807) is 0 Å². The average Bonchev–Trinajstić information content (AvgIpc) is 3.09. The van der Waals surface area contributed by atoms with Crippen molar-refractivity contribution in [1.29, 1.82) is 0 Å². The molecular weight excluding hydrogens is 296 g/mol. The molecule has 0 radical (unpaired) electrons. The van der Waals surface area contributed by atoms with E-state index in [0.717, 1.165) is 22.7 Å². The molecule has 0 fully saturated rings. The molecule has 0 aliphatic heterocycles. The van der Waals surface area contributed by atoms with E-state index in [1.165, 1.54) is 16.3 Å². The molecule has 0 aliphatic carbocycles. The Hall–Kier alpha value is -3.07. The van der Waals surface area contributed by atoms with Gasteiger partial charge in [-0.15, -0.1) is 0 Å². The molecule has 0 aliphatic rings. The molecule has 1 aromatic heterocycles. The topological polar surface area (TPSA) is 38.1 Å². The molecule has 4 aromatic rings. The van der Waals surface area contributed by atoms with Gasteiger partial charge in [0.15, 0.2) is 5.76 Å². The van der Waals surface area contributed by atoms with E-state index in [9.17, 15) is 0 Å². The van der Waals surface area contributed by atoms with E-state index in [2.05, 4.69) is 84.1 Å². The lowest BCUT2D eigenvalue weighted by Gasteiger charge is -2.05. The zero-order valence-corrected chi connectivity index (χ0v) is 13.5. The molecule has 0 atom stereocenters. The Morgan fingerprint density at radius 2 is 1.67 bits per heavy atom. The number of benzene rings is 3. The summed E-state index contributed by atoms with van der Waals surface area (Å²) in [5.74, 6) is 0.797. The summed E-state index contributed by atoms with van der Waals surface area (Å²) < 4.78 is 5.46. The van der Waals surface area contributed by atoms with E-state index >= 15 is 0 Å². The zero-order valence-electron chi connectivity index (χ0n) is 13.5. The molecule has 1 N–H and O–H groups in total. The van der Waals surface area contributed by atoms with Crippen molar-refractivity contribution < 1.29 is 4.52 Å². The van der Waals surface area contributed by atoms with Gasteiger partial charge in [0.2, 0.25) is 0 Å². The number of hydrogen-bond donors (Lipinski definition) is 1. The molecule has 0 spiro atoms. The van der Waals surface area contributed by atoms with Gasteiger partial charge in [0.05, 0.1) is 6.54 Å². The minimum Gasteiger partial charge on any atom is -0.379 e. The summed E-state index contributed by atoms with van der Waals surface area (Å²) in [7, 11) is 0. The van der Waals surface area contributed by atoms with Crippen LogP contribution in [0.5, 0.6) is 0 Å². The van der Waals surface area contributed by atoms with Crippen LogP contribution in [0.25, 0.3) is 22.1 Å². The molecule has 118 valence electrons. The van der Waals surface area contributed by atoms with E-state index in [-0.39, 0.29) is 0 Å². The van der Waals surface area contributed by atoms with Crippen molar-refractivity contribution in [1.82, 2.24) is 5.16 Å². The number of fused-ring (bicyclic) bond motifs is 1. The first kappa shape index (κ1) is 14.5. The van der Waals surface area contributed by atoms with Crippen LogP contribution in [0, 0.1) is 6.92 Å². The monoisotopic (exact) mass is 314 g/mol. The standard InChI is InChI=1S/C21H18N2O/c1-15-6-8-17(9-7-15)21-13-20(23-24-21)14-22-19-11-10-16-4-2-3-5-18(16)12-19/h2-13,22H,14H2,1H3. The quantitative estimate of drug-likeness (QED) is 0.547. The number of nitrogens with zero attached hydrogens (tertiary/aromatic N) is 1. The Balaban J connectivity index is 1.48. The summed E-state index contributed by atoms with van der Waals surface area (Å²) >= 11 is 0. The van der Waals surface area contributed by atoms with Gasteiger partial charge in [0.25, 0.3) is 0 Å². The van der Waals surface area contributed by atoms with Gasteiger partial charge in [-0.25, -0.2) is 0 Å². The van der Waals surface area contributed by atoms with Crippen LogP contribution in [-0.4, -0.2) is 5.16 Å². The van der Waals surface area contributed by atoms with Crippen LogP contribution in [0.2, 0.25) is 0 Å². The number of anilines is 1. The van der Waals surface area contributed by atoms with Crippen molar-refractivity contribution in [3.8, 4) is 11.3 Å². The maximum atomic E-state index is 5.46. The highest BCUT2D eigenvalue weighted by Gasteiger charge is 2.06. The lowest BCUT2D eigenvalue weighted by Crippen LogP contribution is -1.99. The van der Waals surface area contributed by atoms with Crippen molar-refractivity contribution in [2.45, 2.75) is 13.5 Å². The highest BCUT2D eigenvalue weighted by atomic mass is 16.5. The van der Waals surface area contributed by atoms with Gasteiger partial charge in [0, 0.05) is 17.3 Å². The zero-order chi connectivity index (χ0) is 16.4. The third-order valence-electron chi connectivity index (χ3n) is 4.12. The van der Waals surface area contributed by atoms with Gasteiger partial charge in [-0.1, -0.05) is 65.3 Å². The lowest BCUT2D eigenvalue weighted by atomic mass is 10.1. The van der Waals surface area contributed by atoms with Crippen LogP contribution in [0.15, 0.2) is 77.3 Å². The second-order valence-corrected chi connectivity index (χ2v) is 5.96. The predicted octanol–water partition coefficient (Wildman–Crippen LogP) is 5.42. The summed E-state index contributed by atoms with van der Waals surface area (Å²) in [6.07, 6.45) is 0. The minimum absolute atomic E-state index is 0.633. The van der Waals surface area contributed by atoms with Crippen molar-refractivity contribution in [3.05, 3.63) is 84.1 Å². The van der Waals surface area contributed by atoms with Crippen LogP contribution in [0.3, 0.4) is 0 Å². The van der Waals surface area contributed by atoms with Gasteiger partial charge < -0.3 is 9.84 Å². The van der Waals surface area contributed by atoms with Gasteiger partial charge >= 0.3 is 0 Å². The van der Waals surface area contributed by atoms with E-state index in [4.69, 9.17) is 4.52 Å². The first-order chi connectivity index (χ1) is 11.8. The second kappa shape index (κ2) is 6.20. The molecule has 0 amide bonds. The highest BCUT2D eigenvalue weighted by Crippen LogP contribution is 2.22. The number of aromatic nitrogens is 1. The Morgan fingerprint density at radius 3 is 2.50 bits per heavy atom. The van der Waals surface area contributed by atoms with Crippen LogP contribution < -0.4 is 5.32 Å². The van der Waals surface area contributed by atoms with Crippen molar-refractivity contribution in [2.75, 3.05) is 5.32 Å². The molecule has 3 aromatic carbocycles. The number of hydrogen-bond acceptors (Lipinski definition) is 3. The summed E-state index contributed by atoms with van der Waals surface area (Å²) in [4.78, 5) is 0. The van der Waals surface area contributed by atoms with Crippen LogP contribution >= 0.6 is 0 Å². The maximum Gasteiger partial charge on any atom is 0.167 e. The van der Waals surface area contributed by atoms with E-state index in [0.29, 0.717) is 6.54 Å². The fraction of sp³-hybridized carbons (Fsp3) is 0.0952. The maximum absolute atomic E-state index is 5.46.